The molecule has 1 aromatic carbocycles. The quantitative estimate of drug-likeness (QED) is 0.350. The second kappa shape index (κ2) is 8.96. The van der Waals surface area contributed by atoms with Crippen LogP contribution >= 0.6 is 11.6 Å². The van der Waals surface area contributed by atoms with Crippen molar-refractivity contribution in [3.8, 4) is 6.07 Å². The number of nitriles is 1. The molecule has 4 nitrogen and oxygen atoms in total. The third-order valence-corrected chi connectivity index (χ3v) is 2.65. The first-order valence-electron chi connectivity index (χ1n) is 6.30. The topological polar surface area (TPSA) is 59.3 Å². The molecule has 0 aliphatic rings. The highest BCUT2D eigenvalue weighted by molar-refractivity contribution is 6.33. The molecule has 0 spiro atoms. The molecule has 1 atom stereocenters. The van der Waals surface area contributed by atoms with Crippen LogP contribution in [0.5, 0.6) is 0 Å². The van der Waals surface area contributed by atoms with Crippen LogP contribution in [0, 0.1) is 11.3 Å². The van der Waals surface area contributed by atoms with Crippen LogP contribution < -0.4 is 0 Å². The maximum atomic E-state index is 11.8. The molecule has 0 aliphatic heterocycles. The molecule has 0 heterocycles. The Labute approximate surface area is 129 Å². The fourth-order valence-electron chi connectivity index (χ4n) is 1.54. The number of nitrogens with zero attached hydrogens (tertiary/aromatic N) is 1. The van der Waals surface area contributed by atoms with Crippen molar-refractivity contribution >= 4 is 23.6 Å². The van der Waals surface area contributed by atoms with E-state index in [4.69, 9.17) is 26.3 Å². The van der Waals surface area contributed by atoms with Gasteiger partial charge in [0.25, 0.3) is 0 Å². The average Bonchev–Trinajstić information content (AvgIpc) is 2.45. The third kappa shape index (κ3) is 6.26. The molecule has 0 fully saturated rings. The Kier molecular flexibility index (Phi) is 7.24. The molecule has 21 heavy (non-hydrogen) atoms. The van der Waals surface area contributed by atoms with E-state index in [0.717, 1.165) is 5.56 Å². The summed E-state index contributed by atoms with van der Waals surface area (Å²) in [7, 11) is 1.50. The van der Waals surface area contributed by atoms with Gasteiger partial charge in [0, 0.05) is 12.1 Å². The number of methoxy groups -OCH3 is 1. The Morgan fingerprint density at radius 3 is 2.67 bits per heavy atom. The largest absolute Gasteiger partial charge is 0.456 e. The van der Waals surface area contributed by atoms with E-state index < -0.39 is 12.1 Å². The average molecular weight is 306 g/mol. The molecule has 0 radical (unpaired) electrons. The van der Waals surface area contributed by atoms with Gasteiger partial charge in [0.2, 0.25) is 0 Å². The number of carbonyl (C=O) groups is 1. The standard InChI is InChI=1S/C16H16ClNO3/c1-12(11-20-2)21-16(19)14(10-18)9-15(17)8-13-6-4-3-5-7-13/h3-9,12H,11H2,1-2H3/b14-9+,15-8-/t12-/m1/s1. The molecule has 0 N–H and O–H groups in total. The SMILES string of the molecule is COC[C@@H](C)OC(=O)/C(C#N)=C/C(Cl)=C/c1ccccc1. The lowest BCUT2D eigenvalue weighted by atomic mass is 10.2. The van der Waals surface area contributed by atoms with Crippen molar-refractivity contribution in [1.82, 2.24) is 0 Å². The van der Waals surface area contributed by atoms with Gasteiger partial charge in [-0.05, 0) is 24.6 Å². The first-order valence-corrected chi connectivity index (χ1v) is 6.68. The van der Waals surface area contributed by atoms with Gasteiger partial charge in [-0.15, -0.1) is 0 Å². The number of hydrogen-bond acceptors (Lipinski definition) is 4. The smallest absolute Gasteiger partial charge is 0.349 e. The van der Waals surface area contributed by atoms with Gasteiger partial charge in [-0.3, -0.25) is 0 Å². The highest BCUT2D eigenvalue weighted by Crippen LogP contribution is 2.14. The predicted molar refractivity (Wildman–Crippen MR) is 81.4 cm³/mol. The second-order valence-electron chi connectivity index (χ2n) is 4.28. The maximum Gasteiger partial charge on any atom is 0.349 e. The predicted octanol–water partition coefficient (Wildman–Crippen LogP) is 3.29. The lowest BCUT2D eigenvalue weighted by Gasteiger charge is -2.11. The molecule has 1 rings (SSSR count). The number of ether oxygens (including phenoxy) is 2. The maximum absolute atomic E-state index is 11.8. The summed E-state index contributed by atoms with van der Waals surface area (Å²) in [5.74, 6) is -0.721. The Morgan fingerprint density at radius 2 is 2.10 bits per heavy atom. The Bertz CT molecular complexity index is 573. The van der Waals surface area contributed by atoms with Crippen molar-refractivity contribution in [2.24, 2.45) is 0 Å². The minimum absolute atomic E-state index is 0.157. The molecule has 0 bridgehead atoms. The van der Waals surface area contributed by atoms with E-state index in [0.29, 0.717) is 0 Å². The van der Waals surface area contributed by atoms with Crippen LogP contribution in [0.1, 0.15) is 12.5 Å². The van der Waals surface area contributed by atoms with Gasteiger partial charge in [-0.1, -0.05) is 41.9 Å². The summed E-state index contributed by atoms with van der Waals surface area (Å²) in [4.78, 5) is 11.8. The van der Waals surface area contributed by atoms with E-state index >= 15 is 0 Å². The molecule has 110 valence electrons. The molecule has 0 saturated carbocycles. The van der Waals surface area contributed by atoms with Gasteiger partial charge >= 0.3 is 5.97 Å². The van der Waals surface area contributed by atoms with Gasteiger partial charge in [-0.2, -0.15) is 5.26 Å². The molecular formula is C16H16ClNO3. The lowest BCUT2D eigenvalue weighted by molar-refractivity contribution is -0.145. The Morgan fingerprint density at radius 1 is 1.43 bits per heavy atom. The summed E-state index contributed by atoms with van der Waals surface area (Å²) in [5, 5.41) is 9.29. The lowest BCUT2D eigenvalue weighted by Crippen LogP contribution is -2.20. The molecular weight excluding hydrogens is 290 g/mol. The van der Waals surface area contributed by atoms with E-state index in [1.54, 1.807) is 19.1 Å². The number of rotatable bonds is 6. The van der Waals surface area contributed by atoms with Crippen molar-refractivity contribution in [2.45, 2.75) is 13.0 Å². The van der Waals surface area contributed by atoms with E-state index in [2.05, 4.69) is 0 Å². The molecule has 0 aliphatic carbocycles. The number of allylic oxidation sites excluding steroid dienone is 2. The molecule has 5 heteroatoms. The zero-order chi connectivity index (χ0) is 15.7. The first kappa shape index (κ1) is 17.0. The first-order chi connectivity index (χ1) is 10.1. The highest BCUT2D eigenvalue weighted by Gasteiger charge is 2.14. The van der Waals surface area contributed by atoms with Crippen molar-refractivity contribution in [3.05, 3.63) is 52.6 Å². The normalized spacial score (nSPS) is 13.4. The summed E-state index contributed by atoms with van der Waals surface area (Å²) in [6.07, 6.45) is 2.51. The molecule has 1 aromatic rings. The number of hydrogen-bond donors (Lipinski definition) is 0. The van der Waals surface area contributed by atoms with Crippen LogP contribution in [-0.2, 0) is 14.3 Å². The van der Waals surface area contributed by atoms with Gasteiger partial charge in [0.1, 0.15) is 17.7 Å². The molecule has 0 unspecified atom stereocenters. The Hall–Kier alpha value is -2.09. The number of benzene rings is 1. The fourth-order valence-corrected chi connectivity index (χ4v) is 1.77. The second-order valence-corrected chi connectivity index (χ2v) is 4.72. The summed E-state index contributed by atoms with van der Waals surface area (Å²) >= 11 is 6.03. The van der Waals surface area contributed by atoms with Crippen molar-refractivity contribution in [2.75, 3.05) is 13.7 Å². The summed E-state index contributed by atoms with van der Waals surface area (Å²) in [5.41, 5.74) is 0.715. The summed E-state index contributed by atoms with van der Waals surface area (Å²) in [6.45, 7) is 1.94. The van der Waals surface area contributed by atoms with Crippen LogP contribution in [0.15, 0.2) is 47.0 Å². The number of carbonyl (C=O) groups excluding carboxylic acids is 1. The van der Waals surface area contributed by atoms with E-state index in [1.165, 1.54) is 13.2 Å². The number of halogens is 1. The van der Waals surface area contributed by atoms with E-state index in [-0.39, 0.29) is 17.2 Å². The highest BCUT2D eigenvalue weighted by atomic mass is 35.5. The van der Waals surface area contributed by atoms with Gasteiger partial charge in [-0.25, -0.2) is 4.79 Å². The van der Waals surface area contributed by atoms with Crippen LogP contribution in [0.3, 0.4) is 0 Å². The minimum atomic E-state index is -0.721. The van der Waals surface area contributed by atoms with Crippen molar-refractivity contribution < 1.29 is 14.3 Å². The van der Waals surface area contributed by atoms with Gasteiger partial charge < -0.3 is 9.47 Å². The van der Waals surface area contributed by atoms with Crippen LogP contribution in [-0.4, -0.2) is 25.8 Å². The summed E-state index contributed by atoms with van der Waals surface area (Å²) < 4.78 is 9.92. The van der Waals surface area contributed by atoms with E-state index in [1.807, 2.05) is 30.3 Å². The zero-order valence-electron chi connectivity index (χ0n) is 11.9. The van der Waals surface area contributed by atoms with Crippen LogP contribution in [0.4, 0.5) is 0 Å². The van der Waals surface area contributed by atoms with E-state index in [9.17, 15) is 4.79 Å². The monoisotopic (exact) mass is 305 g/mol. The van der Waals surface area contributed by atoms with Gasteiger partial charge in [0.05, 0.1) is 6.61 Å². The fraction of sp³-hybridized carbons (Fsp3) is 0.250. The van der Waals surface area contributed by atoms with Crippen molar-refractivity contribution in [1.29, 1.82) is 5.26 Å². The summed E-state index contributed by atoms with van der Waals surface area (Å²) in [6, 6.07) is 11.1. The molecule has 0 aromatic heterocycles. The van der Waals surface area contributed by atoms with Crippen LogP contribution in [0.25, 0.3) is 6.08 Å². The third-order valence-electron chi connectivity index (χ3n) is 2.44. The zero-order valence-corrected chi connectivity index (χ0v) is 12.6. The Balaban J connectivity index is 2.81. The van der Waals surface area contributed by atoms with Crippen molar-refractivity contribution in [3.63, 3.8) is 0 Å². The van der Waals surface area contributed by atoms with Crippen LogP contribution in [0.2, 0.25) is 0 Å². The number of esters is 1. The van der Waals surface area contributed by atoms with Gasteiger partial charge in [0.15, 0.2) is 0 Å². The molecule has 0 amide bonds. The molecule has 0 saturated heterocycles. The minimum Gasteiger partial charge on any atom is -0.456 e.